The van der Waals surface area contributed by atoms with Gasteiger partial charge in [0.05, 0.1) is 0 Å². The first-order chi connectivity index (χ1) is 11.6. The zero-order valence-corrected chi connectivity index (χ0v) is 14.6. The number of hydrogen-bond donors (Lipinski definition) is 2. The average molecular weight is 356 g/mol. The number of aromatic nitrogens is 3. The molecule has 1 heterocycles. The van der Waals surface area contributed by atoms with Gasteiger partial charge in [0.2, 0.25) is 5.95 Å². The van der Waals surface area contributed by atoms with Gasteiger partial charge in [0.1, 0.15) is 17.6 Å². The molecule has 2 rings (SSSR count). The number of nitrogens with one attached hydrogen (secondary N) is 1. The van der Waals surface area contributed by atoms with E-state index in [2.05, 4.69) is 39.8 Å². The van der Waals surface area contributed by atoms with Gasteiger partial charge < -0.3 is 10.4 Å². The van der Waals surface area contributed by atoms with Crippen molar-refractivity contribution < 1.29 is 18.3 Å². The number of aryl methyl sites for hydroxylation is 1. The van der Waals surface area contributed by atoms with Crippen LogP contribution in [0.2, 0.25) is 0 Å². The molecule has 1 aliphatic carbocycles. The lowest BCUT2D eigenvalue weighted by molar-refractivity contribution is -0.138. The van der Waals surface area contributed by atoms with Crippen LogP contribution < -0.4 is 5.32 Å². The Balaban J connectivity index is 2.36. The third-order valence-electron chi connectivity index (χ3n) is 3.87. The third kappa shape index (κ3) is 5.74. The van der Waals surface area contributed by atoms with Gasteiger partial charge in [-0.05, 0) is 32.1 Å². The lowest BCUT2D eigenvalue weighted by Crippen LogP contribution is -2.34. The van der Waals surface area contributed by atoms with Crippen LogP contribution in [0.5, 0.6) is 0 Å². The molecule has 1 aliphatic rings. The van der Waals surface area contributed by atoms with E-state index < -0.39 is 12.2 Å². The van der Waals surface area contributed by atoms with E-state index >= 15 is 0 Å². The van der Waals surface area contributed by atoms with Crippen LogP contribution in [0, 0.1) is 5.92 Å². The smallest absolute Gasteiger partial charge is 0.408 e. The fraction of sp³-hybridized carbons (Fsp3) is 0.647. The summed E-state index contributed by atoms with van der Waals surface area (Å²) in [6.07, 6.45) is -1.16. The van der Waals surface area contributed by atoms with Crippen molar-refractivity contribution in [3.8, 4) is 0 Å². The Bertz CT molecular complexity index is 679. The molecule has 8 heteroatoms. The van der Waals surface area contributed by atoms with Gasteiger partial charge in [-0.25, -0.2) is 4.98 Å². The maximum atomic E-state index is 12.8. The van der Waals surface area contributed by atoms with Crippen LogP contribution in [-0.4, -0.2) is 32.3 Å². The summed E-state index contributed by atoms with van der Waals surface area (Å²) >= 11 is 0. The average Bonchev–Trinajstić information content (AvgIpc) is 2.52. The number of rotatable bonds is 6. The molecule has 5 nitrogen and oxygen atoms in total. The van der Waals surface area contributed by atoms with E-state index in [1.165, 1.54) is 0 Å². The topological polar surface area (TPSA) is 70.9 Å². The molecule has 0 amide bonds. The number of hydrogen-bond acceptors (Lipinski definition) is 5. The quantitative estimate of drug-likeness (QED) is 0.738. The van der Waals surface area contributed by atoms with Crippen molar-refractivity contribution in [2.24, 2.45) is 5.92 Å². The van der Waals surface area contributed by atoms with E-state index in [-0.39, 0.29) is 17.5 Å². The zero-order chi connectivity index (χ0) is 18.6. The first-order valence-corrected chi connectivity index (χ1v) is 8.41. The minimum atomic E-state index is -4.40. The van der Waals surface area contributed by atoms with Gasteiger partial charge in [0.25, 0.3) is 0 Å². The summed E-state index contributed by atoms with van der Waals surface area (Å²) in [6.45, 7) is 5.12. The second-order valence-corrected chi connectivity index (χ2v) is 6.64. The van der Waals surface area contributed by atoms with Gasteiger partial charge in [0, 0.05) is 18.4 Å². The highest BCUT2D eigenvalue weighted by molar-refractivity contribution is 5.61. The Morgan fingerprint density at radius 3 is 2.48 bits per heavy atom. The van der Waals surface area contributed by atoms with Crippen LogP contribution in [0.3, 0.4) is 0 Å². The number of anilines is 1. The highest BCUT2D eigenvalue weighted by atomic mass is 19.4. The van der Waals surface area contributed by atoms with Crippen LogP contribution >= 0.6 is 0 Å². The van der Waals surface area contributed by atoms with Crippen LogP contribution in [0.1, 0.15) is 58.1 Å². The van der Waals surface area contributed by atoms with Gasteiger partial charge in [-0.15, -0.1) is 0 Å². The second kappa shape index (κ2) is 7.87. The largest absolute Gasteiger partial charge is 0.505 e. The van der Waals surface area contributed by atoms with E-state index in [4.69, 9.17) is 0 Å². The predicted octanol–water partition coefficient (Wildman–Crippen LogP) is 4.43. The van der Waals surface area contributed by atoms with Crippen LogP contribution in [-0.2, 0) is 6.42 Å². The van der Waals surface area contributed by atoms with Crippen LogP contribution in [0.15, 0.2) is 11.5 Å². The summed E-state index contributed by atoms with van der Waals surface area (Å²) in [4.78, 5) is 12.6. The van der Waals surface area contributed by atoms with Crippen molar-refractivity contribution in [2.75, 3.05) is 5.32 Å². The maximum Gasteiger partial charge on any atom is 0.408 e. The molecule has 25 heavy (non-hydrogen) atoms. The van der Waals surface area contributed by atoms with Crippen molar-refractivity contribution in [3.63, 3.8) is 0 Å². The van der Waals surface area contributed by atoms with Gasteiger partial charge in [-0.2, -0.15) is 23.1 Å². The summed E-state index contributed by atoms with van der Waals surface area (Å²) in [5.41, 5.74) is 3.42. The fourth-order valence-electron chi connectivity index (χ4n) is 2.32. The predicted molar refractivity (Wildman–Crippen MR) is 89.0 cm³/mol. The molecule has 2 N–H and O–H groups in total. The molecule has 0 saturated heterocycles. The molecule has 0 radical (unpaired) electrons. The lowest BCUT2D eigenvalue weighted by atomic mass is 10.0. The van der Waals surface area contributed by atoms with Crippen molar-refractivity contribution in [1.82, 2.24) is 15.0 Å². The van der Waals surface area contributed by atoms with E-state index in [9.17, 15) is 18.3 Å². The molecular formula is C17H23F3N4O. The highest BCUT2D eigenvalue weighted by Crippen LogP contribution is 2.25. The van der Waals surface area contributed by atoms with E-state index in [0.717, 1.165) is 19.8 Å². The maximum absolute atomic E-state index is 12.8. The fourth-order valence-corrected chi connectivity index (χ4v) is 2.32. The monoisotopic (exact) mass is 356 g/mol. The van der Waals surface area contributed by atoms with Gasteiger partial charge in [-0.1, -0.05) is 19.6 Å². The summed E-state index contributed by atoms with van der Waals surface area (Å²) in [5, 5.41) is 12.0. The minimum absolute atomic E-state index is 0.104. The van der Waals surface area contributed by atoms with Gasteiger partial charge >= 0.3 is 6.18 Å². The van der Waals surface area contributed by atoms with Crippen molar-refractivity contribution in [3.05, 3.63) is 23.1 Å². The molecule has 138 valence electrons. The molecule has 0 aromatic carbocycles. The normalized spacial score (nSPS) is 16.4. The standard InChI is InChI=1S/C17H23F3N4O/c1-10(2)7-8-14-22-15(12-5-4-6-13(25)9-12)24-16(23-14)21-11(3)17(18,19)20/h10-11,25H,4-8H2,1-3H3,(H,21,22,23,24)/t11-/m1/s1. The van der Waals surface area contributed by atoms with E-state index in [1.54, 1.807) is 0 Å². The number of allylic oxidation sites excluding steroid dienone is 1. The molecule has 1 atom stereocenters. The summed E-state index contributed by atoms with van der Waals surface area (Å²) in [5.74, 6) is 1.15. The number of nitrogens with zero attached hydrogens (tertiary/aromatic N) is 3. The molecule has 1 aromatic heterocycles. The summed E-state index contributed by atoms with van der Waals surface area (Å²) in [7, 11) is 0. The van der Waals surface area contributed by atoms with E-state index in [1.807, 2.05) is 0 Å². The SMILES string of the molecule is CC(C)CCc1nc(N[C@H](C)C(F)(F)F)nc(C2=C=C(O)CCC2)n1. The molecule has 0 spiro atoms. The molecule has 1 aromatic rings. The van der Waals surface area contributed by atoms with E-state index in [0.29, 0.717) is 36.6 Å². The molecular weight excluding hydrogens is 333 g/mol. The summed E-state index contributed by atoms with van der Waals surface area (Å²) < 4.78 is 38.4. The van der Waals surface area contributed by atoms with Crippen molar-refractivity contribution in [2.45, 2.75) is 65.1 Å². The molecule has 0 aliphatic heterocycles. The second-order valence-electron chi connectivity index (χ2n) is 6.64. The van der Waals surface area contributed by atoms with Crippen LogP contribution in [0.25, 0.3) is 5.57 Å². The summed E-state index contributed by atoms with van der Waals surface area (Å²) in [6, 6.07) is -1.77. The number of aliphatic hydroxyl groups is 1. The molecule has 0 fully saturated rings. The number of halogens is 3. The molecule has 0 unspecified atom stereocenters. The Kier molecular flexibility index (Phi) is 6.06. The van der Waals surface area contributed by atoms with Crippen molar-refractivity contribution >= 4 is 11.5 Å². The van der Waals surface area contributed by atoms with Crippen LogP contribution in [0.4, 0.5) is 19.1 Å². The Morgan fingerprint density at radius 1 is 1.16 bits per heavy atom. The molecule has 0 saturated carbocycles. The van der Waals surface area contributed by atoms with Gasteiger partial charge in [0.15, 0.2) is 5.82 Å². The first kappa shape index (κ1) is 19.2. The number of aliphatic hydroxyl groups excluding tert-OH is 1. The Morgan fingerprint density at radius 2 is 1.88 bits per heavy atom. The zero-order valence-electron chi connectivity index (χ0n) is 14.6. The minimum Gasteiger partial charge on any atom is -0.505 e. The molecule has 0 bridgehead atoms. The third-order valence-corrected chi connectivity index (χ3v) is 3.87. The first-order valence-electron chi connectivity index (χ1n) is 8.41. The highest BCUT2D eigenvalue weighted by Gasteiger charge is 2.36. The van der Waals surface area contributed by atoms with Gasteiger partial charge in [-0.3, -0.25) is 0 Å². The Labute approximate surface area is 145 Å². The number of alkyl halides is 3. The van der Waals surface area contributed by atoms with Crippen molar-refractivity contribution in [1.29, 1.82) is 0 Å². The Hall–Kier alpha value is -2.08. The lowest BCUT2D eigenvalue weighted by Gasteiger charge is -2.18.